The van der Waals surface area contributed by atoms with E-state index in [1.54, 1.807) is 0 Å². The topological polar surface area (TPSA) is 75.6 Å². The number of benzene rings is 1. The van der Waals surface area contributed by atoms with Crippen molar-refractivity contribution < 1.29 is 27.4 Å². The van der Waals surface area contributed by atoms with Gasteiger partial charge in [0.05, 0.1) is 31.8 Å². The third kappa shape index (κ3) is 10.1. The first-order valence-corrected chi connectivity index (χ1v) is 9.95. The van der Waals surface area contributed by atoms with E-state index in [-0.39, 0.29) is 12.4 Å². The molecule has 0 saturated heterocycles. The molecule has 1 atom stereocenters. The summed E-state index contributed by atoms with van der Waals surface area (Å²) in [5.41, 5.74) is 1.97. The van der Waals surface area contributed by atoms with Crippen molar-refractivity contribution in [2.45, 2.75) is 20.8 Å². The van der Waals surface area contributed by atoms with Crippen molar-refractivity contribution in [3.05, 3.63) is 35.4 Å². The Labute approximate surface area is 163 Å². The molecule has 27 heavy (non-hydrogen) atoms. The lowest BCUT2D eigenvalue weighted by Crippen LogP contribution is -2.14. The van der Waals surface area contributed by atoms with Crippen LogP contribution < -0.4 is 9.47 Å². The molecule has 1 unspecified atom stereocenters. The molecule has 0 saturated carbocycles. The fraction of sp³-hybridized carbons (Fsp3) is 0.526. The molecule has 0 aliphatic heterocycles. The number of hydrogen-bond acceptors (Lipinski definition) is 7. The highest BCUT2D eigenvalue weighted by molar-refractivity contribution is 7.80. The molecule has 7 nitrogen and oxygen atoms in total. The van der Waals surface area contributed by atoms with Crippen LogP contribution in [0.1, 0.15) is 18.1 Å². The first-order valence-electron chi connectivity index (χ1n) is 8.70. The fourth-order valence-corrected chi connectivity index (χ4v) is 2.79. The number of nitrogens with zero attached hydrogens (tertiary/aromatic N) is 1. The first kappa shape index (κ1) is 23.1. The highest BCUT2D eigenvalue weighted by Gasteiger charge is 2.08. The van der Waals surface area contributed by atoms with Crippen molar-refractivity contribution in [1.82, 2.24) is 0 Å². The van der Waals surface area contributed by atoms with Crippen LogP contribution in [0.5, 0.6) is 11.5 Å². The van der Waals surface area contributed by atoms with E-state index in [0.717, 1.165) is 22.6 Å². The second-order valence-corrected chi connectivity index (χ2v) is 6.74. The van der Waals surface area contributed by atoms with E-state index in [4.69, 9.17) is 18.4 Å². The van der Waals surface area contributed by atoms with Crippen LogP contribution in [0.15, 0.2) is 29.4 Å². The second-order valence-electron chi connectivity index (χ2n) is 5.49. The van der Waals surface area contributed by atoms with E-state index in [9.17, 15) is 4.21 Å². The molecule has 1 aromatic carbocycles. The summed E-state index contributed by atoms with van der Waals surface area (Å²) < 4.78 is 33.6. The summed E-state index contributed by atoms with van der Waals surface area (Å²) >= 11 is -1.41. The largest absolute Gasteiger partial charge is 0.491 e. The molecule has 0 aliphatic rings. The van der Waals surface area contributed by atoms with Crippen molar-refractivity contribution >= 4 is 17.3 Å². The van der Waals surface area contributed by atoms with E-state index >= 15 is 0 Å². The van der Waals surface area contributed by atoms with E-state index in [2.05, 4.69) is 9.99 Å². The lowest BCUT2D eigenvalue weighted by Gasteiger charge is -2.14. The Morgan fingerprint density at radius 1 is 1.07 bits per heavy atom. The maximum atomic E-state index is 11.7. The predicted octanol–water partition coefficient (Wildman–Crippen LogP) is 2.97. The van der Waals surface area contributed by atoms with Crippen LogP contribution in [-0.4, -0.2) is 56.3 Å². The summed E-state index contributed by atoms with van der Waals surface area (Å²) in [7, 11) is 1.46. The Hall–Kier alpha value is -1.90. The zero-order chi connectivity index (χ0) is 19.9. The standard InChI is InChI=1S/C19H29NO6S/c1-5-6-8-24-18-14-16(2)19(17(3)15-18)25-10-11-26-27(21)13-12-23-9-7-20-22-4/h5-7,14-15H,8-13H2,1-4H3/b6-5+,20-7?. The van der Waals surface area contributed by atoms with Gasteiger partial charge in [-0.2, -0.15) is 0 Å². The molecule has 1 rings (SSSR count). The molecule has 1 aromatic rings. The molecule has 0 aliphatic carbocycles. The zero-order valence-corrected chi connectivity index (χ0v) is 17.3. The zero-order valence-electron chi connectivity index (χ0n) is 16.4. The van der Waals surface area contributed by atoms with Crippen LogP contribution in [-0.2, 0) is 24.8 Å². The molecule has 0 radical (unpaired) electrons. The van der Waals surface area contributed by atoms with Crippen molar-refractivity contribution in [3.8, 4) is 11.5 Å². The molecule has 152 valence electrons. The van der Waals surface area contributed by atoms with Gasteiger partial charge in [-0.1, -0.05) is 17.3 Å². The summed E-state index contributed by atoms with van der Waals surface area (Å²) in [6.45, 7) is 7.60. The van der Waals surface area contributed by atoms with E-state index in [1.807, 2.05) is 45.1 Å². The highest BCUT2D eigenvalue weighted by Crippen LogP contribution is 2.28. The average molecular weight is 400 g/mol. The molecule has 0 spiro atoms. The normalized spacial score (nSPS) is 12.6. The summed E-state index contributed by atoms with van der Waals surface area (Å²) in [4.78, 5) is 4.50. The molecule has 0 heterocycles. The Morgan fingerprint density at radius 3 is 2.48 bits per heavy atom. The second kappa shape index (κ2) is 14.2. The number of allylic oxidation sites excluding steroid dienone is 1. The van der Waals surface area contributed by atoms with Gasteiger partial charge in [-0.15, -0.1) is 0 Å². The molecule has 0 aromatic heterocycles. The van der Waals surface area contributed by atoms with Gasteiger partial charge in [-0.3, -0.25) is 4.18 Å². The maximum absolute atomic E-state index is 11.7. The molecule has 0 amide bonds. The Kier molecular flexibility index (Phi) is 12.2. The van der Waals surface area contributed by atoms with Crippen molar-refractivity contribution in [2.75, 3.05) is 45.9 Å². The van der Waals surface area contributed by atoms with Crippen molar-refractivity contribution in [2.24, 2.45) is 5.16 Å². The molecule has 0 bridgehead atoms. The van der Waals surface area contributed by atoms with Gasteiger partial charge in [0.2, 0.25) is 0 Å². The quantitative estimate of drug-likeness (QED) is 0.207. The number of hydrogen-bond donors (Lipinski definition) is 0. The van der Waals surface area contributed by atoms with Gasteiger partial charge in [-0.25, -0.2) is 4.21 Å². The van der Waals surface area contributed by atoms with Gasteiger partial charge >= 0.3 is 0 Å². The molecular formula is C19H29NO6S. The Balaban J connectivity index is 2.29. The summed E-state index contributed by atoms with van der Waals surface area (Å²) in [5, 5.41) is 3.53. The monoisotopic (exact) mass is 399 g/mol. The van der Waals surface area contributed by atoms with Crippen LogP contribution in [0.4, 0.5) is 0 Å². The van der Waals surface area contributed by atoms with Crippen molar-refractivity contribution in [1.29, 1.82) is 0 Å². The van der Waals surface area contributed by atoms with E-state index in [1.165, 1.54) is 13.3 Å². The number of ether oxygens (including phenoxy) is 3. The first-order chi connectivity index (χ1) is 13.1. The smallest absolute Gasteiger partial charge is 0.157 e. The number of rotatable bonds is 14. The SMILES string of the molecule is C/C=C/COc1cc(C)c(OCCOS(=O)CCOCC=NOC)c(C)c1. The molecule has 0 N–H and O–H groups in total. The lowest BCUT2D eigenvalue weighted by atomic mass is 10.1. The number of aryl methyl sites for hydroxylation is 2. The minimum absolute atomic E-state index is 0.232. The van der Waals surface area contributed by atoms with Gasteiger partial charge in [0.25, 0.3) is 0 Å². The highest BCUT2D eigenvalue weighted by atomic mass is 32.2. The van der Waals surface area contributed by atoms with E-state index < -0.39 is 11.1 Å². The van der Waals surface area contributed by atoms with Crippen LogP contribution >= 0.6 is 0 Å². The van der Waals surface area contributed by atoms with Crippen LogP contribution in [0.25, 0.3) is 0 Å². The van der Waals surface area contributed by atoms with Gasteiger partial charge < -0.3 is 19.0 Å². The van der Waals surface area contributed by atoms with Crippen LogP contribution in [0.3, 0.4) is 0 Å². The van der Waals surface area contributed by atoms with Gasteiger partial charge in [0.15, 0.2) is 11.1 Å². The summed E-state index contributed by atoms with van der Waals surface area (Å²) in [5.74, 6) is 1.89. The maximum Gasteiger partial charge on any atom is 0.157 e. The molecular weight excluding hydrogens is 370 g/mol. The fourth-order valence-electron chi connectivity index (χ4n) is 2.16. The van der Waals surface area contributed by atoms with Crippen LogP contribution in [0, 0.1) is 13.8 Å². The molecule has 0 fully saturated rings. The van der Waals surface area contributed by atoms with Crippen molar-refractivity contribution in [3.63, 3.8) is 0 Å². The van der Waals surface area contributed by atoms with Crippen LogP contribution in [0.2, 0.25) is 0 Å². The van der Waals surface area contributed by atoms with E-state index in [0.29, 0.717) is 26.4 Å². The minimum Gasteiger partial charge on any atom is -0.491 e. The number of oxime groups is 1. The summed E-state index contributed by atoms with van der Waals surface area (Å²) in [6.07, 6.45) is 5.38. The average Bonchev–Trinajstić information content (AvgIpc) is 2.63. The Morgan fingerprint density at radius 2 is 1.81 bits per heavy atom. The Bertz CT molecular complexity index is 610. The summed E-state index contributed by atoms with van der Waals surface area (Å²) in [6, 6.07) is 3.88. The van der Waals surface area contributed by atoms with Gasteiger partial charge in [0.1, 0.15) is 31.8 Å². The van der Waals surface area contributed by atoms with Gasteiger partial charge in [-0.05, 0) is 44.0 Å². The lowest BCUT2D eigenvalue weighted by molar-refractivity contribution is 0.177. The third-order valence-electron chi connectivity index (χ3n) is 3.33. The predicted molar refractivity (Wildman–Crippen MR) is 107 cm³/mol. The third-order valence-corrected chi connectivity index (χ3v) is 4.26. The molecule has 8 heteroatoms. The minimum atomic E-state index is -1.41. The van der Waals surface area contributed by atoms with Gasteiger partial charge in [0, 0.05) is 0 Å².